The van der Waals surface area contributed by atoms with Crippen LogP contribution in [0.1, 0.15) is 52.9 Å². The molecule has 1 aliphatic rings. The molecule has 0 saturated carbocycles. The molecule has 1 saturated heterocycles. The summed E-state index contributed by atoms with van der Waals surface area (Å²) in [6.07, 6.45) is 6.92. The molecule has 1 amide bonds. The molecule has 0 N–H and O–H groups in total. The number of rotatable bonds is 2. The number of piperidine rings is 1. The predicted octanol–water partition coefficient (Wildman–Crippen LogP) is 2.80. The van der Waals surface area contributed by atoms with Gasteiger partial charge in [-0.25, -0.2) is 9.97 Å². The van der Waals surface area contributed by atoms with E-state index in [4.69, 9.17) is 0 Å². The highest BCUT2D eigenvalue weighted by molar-refractivity contribution is 5.95. The molecular formula is C17H22N4O. The van der Waals surface area contributed by atoms with Crippen LogP contribution >= 0.6 is 0 Å². The molecule has 2 aromatic heterocycles. The number of likely N-dealkylation sites (tertiary alicyclic amines) is 1. The lowest BCUT2D eigenvalue weighted by Crippen LogP contribution is -2.39. The minimum absolute atomic E-state index is 0.0448. The van der Waals surface area contributed by atoms with Gasteiger partial charge in [0.1, 0.15) is 5.82 Å². The molecule has 2 aromatic rings. The van der Waals surface area contributed by atoms with Gasteiger partial charge in [0.05, 0.1) is 17.3 Å². The largest absolute Gasteiger partial charge is 0.353 e. The summed E-state index contributed by atoms with van der Waals surface area (Å²) in [5.41, 5.74) is 2.57. The molecule has 1 fully saturated rings. The molecule has 1 unspecified atom stereocenters. The van der Waals surface area contributed by atoms with Gasteiger partial charge in [0.25, 0.3) is 5.91 Å². The summed E-state index contributed by atoms with van der Waals surface area (Å²) in [7, 11) is 2.03. The minimum Gasteiger partial charge on any atom is -0.353 e. The lowest BCUT2D eigenvalue weighted by atomic mass is 9.98. The Morgan fingerprint density at radius 1 is 1.32 bits per heavy atom. The van der Waals surface area contributed by atoms with E-state index in [1.165, 1.54) is 5.69 Å². The van der Waals surface area contributed by atoms with Gasteiger partial charge >= 0.3 is 0 Å². The molecule has 116 valence electrons. The highest BCUT2D eigenvalue weighted by Crippen LogP contribution is 2.32. The molecule has 5 nitrogen and oxygen atoms in total. The van der Waals surface area contributed by atoms with Crippen LogP contribution in [0.4, 0.5) is 0 Å². The molecular weight excluding hydrogens is 276 g/mol. The fourth-order valence-corrected chi connectivity index (χ4v) is 3.25. The Morgan fingerprint density at radius 3 is 2.82 bits per heavy atom. The van der Waals surface area contributed by atoms with Crippen molar-refractivity contribution in [1.29, 1.82) is 0 Å². The van der Waals surface area contributed by atoms with Crippen molar-refractivity contribution < 1.29 is 4.79 Å². The standard InChI is InChI=1S/C17H22N4O/c1-12-14(11-18-13(2)19-12)17(22)21-10-5-4-7-16(21)15-8-6-9-20(15)3/h6,8-9,11,16H,4-5,7,10H2,1-3H3. The van der Waals surface area contributed by atoms with Crippen LogP contribution in [-0.2, 0) is 7.05 Å². The molecule has 1 aliphatic heterocycles. The summed E-state index contributed by atoms with van der Waals surface area (Å²) in [6.45, 7) is 4.51. The zero-order valence-electron chi connectivity index (χ0n) is 13.4. The Kier molecular flexibility index (Phi) is 3.96. The lowest BCUT2D eigenvalue weighted by Gasteiger charge is -2.36. The molecule has 0 aliphatic carbocycles. The maximum absolute atomic E-state index is 13.0. The minimum atomic E-state index is 0.0448. The van der Waals surface area contributed by atoms with E-state index < -0.39 is 0 Å². The Balaban J connectivity index is 1.93. The number of nitrogens with zero attached hydrogens (tertiary/aromatic N) is 4. The van der Waals surface area contributed by atoms with Crippen molar-refractivity contribution in [3.8, 4) is 0 Å². The number of carbonyl (C=O) groups is 1. The van der Waals surface area contributed by atoms with Gasteiger partial charge in [-0.15, -0.1) is 0 Å². The molecule has 3 heterocycles. The summed E-state index contributed by atoms with van der Waals surface area (Å²) in [5.74, 6) is 0.745. The van der Waals surface area contributed by atoms with Crippen LogP contribution in [0, 0.1) is 13.8 Å². The fraction of sp³-hybridized carbons (Fsp3) is 0.471. The van der Waals surface area contributed by atoms with Gasteiger partial charge < -0.3 is 9.47 Å². The van der Waals surface area contributed by atoms with E-state index in [9.17, 15) is 4.79 Å². The Morgan fingerprint density at radius 2 is 2.14 bits per heavy atom. The first-order chi connectivity index (χ1) is 10.6. The van der Waals surface area contributed by atoms with Crippen LogP contribution in [0.25, 0.3) is 0 Å². The Labute approximate surface area is 131 Å². The second-order valence-electron chi connectivity index (χ2n) is 5.97. The van der Waals surface area contributed by atoms with Crippen LogP contribution in [0.3, 0.4) is 0 Å². The van der Waals surface area contributed by atoms with E-state index in [0.717, 1.165) is 31.5 Å². The highest BCUT2D eigenvalue weighted by Gasteiger charge is 2.31. The van der Waals surface area contributed by atoms with E-state index in [0.29, 0.717) is 11.4 Å². The zero-order chi connectivity index (χ0) is 15.7. The highest BCUT2D eigenvalue weighted by atomic mass is 16.2. The average molecular weight is 298 g/mol. The summed E-state index contributed by atoms with van der Waals surface area (Å²) in [6, 6.07) is 4.28. The summed E-state index contributed by atoms with van der Waals surface area (Å²) >= 11 is 0. The maximum atomic E-state index is 13.0. The van der Waals surface area contributed by atoms with Gasteiger partial charge in [-0.05, 0) is 45.2 Å². The summed E-state index contributed by atoms with van der Waals surface area (Å²) in [5, 5.41) is 0. The van der Waals surface area contributed by atoms with Gasteiger partial charge in [-0.2, -0.15) is 0 Å². The van der Waals surface area contributed by atoms with Crippen LogP contribution < -0.4 is 0 Å². The van der Waals surface area contributed by atoms with Gasteiger partial charge in [0.15, 0.2) is 0 Å². The lowest BCUT2D eigenvalue weighted by molar-refractivity contribution is 0.0601. The molecule has 0 aromatic carbocycles. The summed E-state index contributed by atoms with van der Waals surface area (Å²) < 4.78 is 2.11. The Bertz CT molecular complexity index is 692. The first-order valence-electron chi connectivity index (χ1n) is 7.80. The smallest absolute Gasteiger partial charge is 0.257 e. The van der Waals surface area contributed by atoms with Crippen molar-refractivity contribution in [3.05, 3.63) is 47.3 Å². The van der Waals surface area contributed by atoms with Crippen LogP contribution in [0.15, 0.2) is 24.5 Å². The second kappa shape index (κ2) is 5.91. The molecule has 0 bridgehead atoms. The fourth-order valence-electron chi connectivity index (χ4n) is 3.25. The van der Waals surface area contributed by atoms with Gasteiger partial charge in [0.2, 0.25) is 0 Å². The van der Waals surface area contributed by atoms with E-state index >= 15 is 0 Å². The summed E-state index contributed by atoms with van der Waals surface area (Å²) in [4.78, 5) is 23.5. The van der Waals surface area contributed by atoms with Gasteiger partial charge in [-0.1, -0.05) is 0 Å². The number of amides is 1. The van der Waals surface area contributed by atoms with Crippen molar-refractivity contribution in [2.24, 2.45) is 7.05 Å². The van der Waals surface area contributed by atoms with E-state index in [2.05, 4.69) is 20.6 Å². The quantitative estimate of drug-likeness (QED) is 0.856. The molecule has 0 radical (unpaired) electrons. The van der Waals surface area contributed by atoms with Crippen LogP contribution in [0.5, 0.6) is 0 Å². The predicted molar refractivity (Wildman–Crippen MR) is 84.5 cm³/mol. The topological polar surface area (TPSA) is 51.0 Å². The van der Waals surface area contributed by atoms with Gasteiger partial charge in [0, 0.05) is 31.7 Å². The SMILES string of the molecule is Cc1ncc(C(=O)N2CCCCC2c2cccn2C)c(C)n1. The molecule has 1 atom stereocenters. The number of carbonyl (C=O) groups excluding carboxylic acids is 1. The first-order valence-corrected chi connectivity index (χ1v) is 7.80. The number of hydrogen-bond acceptors (Lipinski definition) is 3. The van der Waals surface area contributed by atoms with Gasteiger partial charge in [-0.3, -0.25) is 4.79 Å². The monoisotopic (exact) mass is 298 g/mol. The maximum Gasteiger partial charge on any atom is 0.257 e. The molecule has 3 rings (SSSR count). The number of aryl methyl sites for hydroxylation is 3. The molecule has 0 spiro atoms. The molecule has 5 heteroatoms. The average Bonchev–Trinajstić information content (AvgIpc) is 2.93. The number of hydrogen-bond donors (Lipinski definition) is 0. The normalized spacial score (nSPS) is 18.5. The molecule has 22 heavy (non-hydrogen) atoms. The zero-order valence-corrected chi connectivity index (χ0v) is 13.4. The second-order valence-corrected chi connectivity index (χ2v) is 5.97. The van der Waals surface area contributed by atoms with Crippen molar-refractivity contribution in [3.63, 3.8) is 0 Å². The van der Waals surface area contributed by atoms with E-state index in [-0.39, 0.29) is 11.9 Å². The third-order valence-electron chi connectivity index (χ3n) is 4.42. The third-order valence-corrected chi connectivity index (χ3v) is 4.42. The Hall–Kier alpha value is -2.17. The third kappa shape index (κ3) is 2.63. The van der Waals surface area contributed by atoms with Crippen molar-refractivity contribution >= 4 is 5.91 Å². The van der Waals surface area contributed by atoms with Crippen LogP contribution in [0.2, 0.25) is 0 Å². The first kappa shape index (κ1) is 14.8. The van der Waals surface area contributed by atoms with E-state index in [1.807, 2.05) is 38.1 Å². The van der Waals surface area contributed by atoms with Crippen molar-refractivity contribution in [2.75, 3.05) is 6.54 Å². The van der Waals surface area contributed by atoms with Crippen LogP contribution in [-0.4, -0.2) is 31.9 Å². The number of aromatic nitrogens is 3. The van der Waals surface area contributed by atoms with E-state index in [1.54, 1.807) is 6.20 Å². The van der Waals surface area contributed by atoms with Crippen molar-refractivity contribution in [1.82, 2.24) is 19.4 Å². The van der Waals surface area contributed by atoms with Crippen molar-refractivity contribution in [2.45, 2.75) is 39.2 Å².